The molecule has 0 bridgehead atoms. The number of aromatic nitrogens is 2. The molecule has 174 valence electrons. The molecule has 3 aromatic rings. The average Bonchev–Trinajstić information content (AvgIpc) is 3.15. The molecule has 0 atom stereocenters. The summed E-state index contributed by atoms with van der Waals surface area (Å²) in [5.41, 5.74) is 1.74. The maximum atomic E-state index is 12.4. The van der Waals surface area contributed by atoms with Crippen LogP contribution >= 0.6 is 0 Å². The zero-order chi connectivity index (χ0) is 24.2. The largest absolute Gasteiger partial charge is 0.496 e. The molecule has 0 unspecified atom stereocenters. The maximum Gasteiger partial charge on any atom is 0.324 e. The number of carbonyl (C=O) groups is 2. The van der Waals surface area contributed by atoms with Crippen LogP contribution < -0.4 is 25.4 Å². The number of rotatable bonds is 6. The first-order valence-electron chi connectivity index (χ1n) is 10.4. The van der Waals surface area contributed by atoms with Gasteiger partial charge in [0.05, 0.1) is 18.4 Å². The summed E-state index contributed by atoms with van der Waals surface area (Å²) in [5.74, 6) is 1.82. The van der Waals surface area contributed by atoms with Gasteiger partial charge in [-0.25, -0.2) is 4.79 Å². The second-order valence-electron chi connectivity index (χ2n) is 8.44. The van der Waals surface area contributed by atoms with Crippen molar-refractivity contribution >= 4 is 23.4 Å². The van der Waals surface area contributed by atoms with Crippen LogP contribution in [-0.4, -0.2) is 35.9 Å². The average molecular weight is 452 g/mol. The Morgan fingerprint density at radius 1 is 0.970 bits per heavy atom. The van der Waals surface area contributed by atoms with Gasteiger partial charge >= 0.3 is 6.03 Å². The van der Waals surface area contributed by atoms with Crippen molar-refractivity contribution in [3.8, 4) is 17.2 Å². The number of anilines is 2. The molecule has 0 aliphatic heterocycles. The third-order valence-corrected chi connectivity index (χ3v) is 4.88. The van der Waals surface area contributed by atoms with Gasteiger partial charge in [-0.1, -0.05) is 20.8 Å². The lowest BCUT2D eigenvalue weighted by Crippen LogP contribution is -2.20. The number of aryl methyl sites for hydroxylation is 1. The number of hydrogen-bond donors (Lipinski definition) is 3. The molecule has 0 aliphatic carbocycles. The monoisotopic (exact) mass is 451 g/mol. The van der Waals surface area contributed by atoms with Crippen LogP contribution in [-0.2, 0) is 12.5 Å². The molecule has 3 rings (SSSR count). The van der Waals surface area contributed by atoms with E-state index in [4.69, 9.17) is 9.47 Å². The van der Waals surface area contributed by atoms with Gasteiger partial charge in [0, 0.05) is 31.3 Å². The van der Waals surface area contributed by atoms with E-state index in [9.17, 15) is 9.59 Å². The van der Waals surface area contributed by atoms with Crippen LogP contribution in [0, 0.1) is 0 Å². The third kappa shape index (κ3) is 5.82. The Hall–Kier alpha value is -4.01. The van der Waals surface area contributed by atoms with Gasteiger partial charge in [0.2, 0.25) is 0 Å². The van der Waals surface area contributed by atoms with Crippen molar-refractivity contribution in [1.29, 1.82) is 0 Å². The summed E-state index contributed by atoms with van der Waals surface area (Å²) >= 11 is 0. The molecule has 0 saturated heterocycles. The summed E-state index contributed by atoms with van der Waals surface area (Å²) in [7, 11) is 4.84. The van der Waals surface area contributed by atoms with Gasteiger partial charge in [0.1, 0.15) is 23.1 Å². The molecule has 1 aromatic heterocycles. The number of methoxy groups -OCH3 is 1. The smallest absolute Gasteiger partial charge is 0.324 e. The van der Waals surface area contributed by atoms with Gasteiger partial charge in [-0.15, -0.1) is 0 Å². The lowest BCUT2D eigenvalue weighted by Gasteiger charge is -2.13. The zero-order valence-electron chi connectivity index (χ0n) is 19.6. The topological polar surface area (TPSA) is 107 Å². The zero-order valence-corrected chi connectivity index (χ0v) is 19.6. The second kappa shape index (κ2) is 9.64. The molecule has 0 spiro atoms. The Morgan fingerprint density at radius 2 is 1.64 bits per heavy atom. The molecule has 0 fully saturated rings. The predicted molar refractivity (Wildman–Crippen MR) is 127 cm³/mol. The number of nitrogens with zero attached hydrogens (tertiary/aromatic N) is 2. The van der Waals surface area contributed by atoms with E-state index >= 15 is 0 Å². The van der Waals surface area contributed by atoms with Crippen molar-refractivity contribution in [3.05, 3.63) is 59.8 Å². The second-order valence-corrected chi connectivity index (χ2v) is 8.44. The van der Waals surface area contributed by atoms with Crippen molar-refractivity contribution in [1.82, 2.24) is 15.1 Å². The van der Waals surface area contributed by atoms with E-state index in [1.54, 1.807) is 61.2 Å². The highest BCUT2D eigenvalue weighted by atomic mass is 16.5. The molecule has 33 heavy (non-hydrogen) atoms. The molecule has 0 saturated carbocycles. The van der Waals surface area contributed by atoms with Crippen molar-refractivity contribution in [2.24, 2.45) is 7.05 Å². The number of hydrogen-bond acceptors (Lipinski definition) is 5. The van der Waals surface area contributed by atoms with E-state index < -0.39 is 0 Å². The Morgan fingerprint density at radius 3 is 2.21 bits per heavy atom. The standard InChI is InChI=1S/C24H29N5O4/c1-24(2,3)20-14-21(29(5)28-20)27-23(31)26-15-7-9-16(10-8-15)33-17-11-12-19(32-6)18(13-17)22(30)25-4/h7-14H,1-6H3,(H,25,30)(H2,26,27,31). The fourth-order valence-electron chi connectivity index (χ4n) is 3.03. The minimum Gasteiger partial charge on any atom is -0.496 e. The Kier molecular flexibility index (Phi) is 6.91. The lowest BCUT2D eigenvalue weighted by molar-refractivity contribution is 0.0959. The molecule has 1 heterocycles. The summed E-state index contributed by atoms with van der Waals surface area (Å²) in [6.45, 7) is 6.19. The molecule has 9 nitrogen and oxygen atoms in total. The number of ether oxygens (including phenoxy) is 2. The van der Waals surface area contributed by atoms with E-state index in [1.807, 2.05) is 6.07 Å². The number of urea groups is 1. The van der Waals surface area contributed by atoms with Gasteiger partial charge in [0.15, 0.2) is 0 Å². The van der Waals surface area contributed by atoms with Gasteiger partial charge in [-0.2, -0.15) is 5.10 Å². The fourth-order valence-corrected chi connectivity index (χ4v) is 3.03. The summed E-state index contributed by atoms with van der Waals surface area (Å²) < 4.78 is 12.7. The minimum atomic E-state index is -0.377. The van der Waals surface area contributed by atoms with Gasteiger partial charge in [-0.3, -0.25) is 14.8 Å². The van der Waals surface area contributed by atoms with Crippen molar-refractivity contribution in [3.63, 3.8) is 0 Å². The van der Waals surface area contributed by atoms with Gasteiger partial charge in [-0.05, 0) is 42.5 Å². The van der Waals surface area contributed by atoms with E-state index in [2.05, 4.69) is 41.8 Å². The van der Waals surface area contributed by atoms with Crippen molar-refractivity contribution < 1.29 is 19.1 Å². The summed E-state index contributed by atoms with van der Waals surface area (Å²) in [6.07, 6.45) is 0. The summed E-state index contributed by atoms with van der Waals surface area (Å²) in [4.78, 5) is 24.5. The fraction of sp³-hybridized carbons (Fsp3) is 0.292. The predicted octanol–water partition coefficient (Wildman–Crippen LogP) is 4.52. The van der Waals surface area contributed by atoms with E-state index in [1.165, 1.54) is 7.11 Å². The van der Waals surface area contributed by atoms with E-state index in [-0.39, 0.29) is 17.4 Å². The van der Waals surface area contributed by atoms with Crippen LogP contribution in [0.4, 0.5) is 16.3 Å². The van der Waals surface area contributed by atoms with Crippen LogP contribution in [0.2, 0.25) is 0 Å². The highest BCUT2D eigenvalue weighted by Crippen LogP contribution is 2.29. The van der Waals surface area contributed by atoms with Gasteiger partial charge in [0.25, 0.3) is 5.91 Å². The quantitative estimate of drug-likeness (QED) is 0.511. The molecule has 9 heteroatoms. The summed E-state index contributed by atoms with van der Waals surface area (Å²) in [5, 5.41) is 12.6. The molecule has 0 radical (unpaired) electrons. The minimum absolute atomic E-state index is 0.116. The molecule has 3 amide bonds. The molecular formula is C24H29N5O4. The van der Waals surface area contributed by atoms with Crippen LogP contribution in [0.15, 0.2) is 48.5 Å². The SMILES string of the molecule is CNC(=O)c1cc(Oc2ccc(NC(=O)Nc3cc(C(C)(C)C)nn3C)cc2)ccc1OC. The maximum absolute atomic E-state index is 12.4. The Labute approximate surface area is 193 Å². The molecule has 0 aliphatic rings. The highest BCUT2D eigenvalue weighted by molar-refractivity contribution is 5.99. The van der Waals surface area contributed by atoms with E-state index in [0.29, 0.717) is 34.3 Å². The number of carbonyl (C=O) groups excluding carboxylic acids is 2. The number of amides is 3. The molecular weight excluding hydrogens is 422 g/mol. The van der Waals surface area contributed by atoms with Crippen LogP contribution in [0.25, 0.3) is 0 Å². The van der Waals surface area contributed by atoms with Crippen LogP contribution in [0.3, 0.4) is 0 Å². The lowest BCUT2D eigenvalue weighted by atomic mass is 9.92. The molecule has 3 N–H and O–H groups in total. The number of benzene rings is 2. The first-order chi connectivity index (χ1) is 15.6. The van der Waals surface area contributed by atoms with Crippen LogP contribution in [0.5, 0.6) is 17.2 Å². The third-order valence-electron chi connectivity index (χ3n) is 4.88. The van der Waals surface area contributed by atoms with Crippen molar-refractivity contribution in [2.45, 2.75) is 26.2 Å². The first-order valence-corrected chi connectivity index (χ1v) is 10.4. The molecule has 2 aromatic carbocycles. The van der Waals surface area contributed by atoms with Crippen molar-refractivity contribution in [2.75, 3.05) is 24.8 Å². The van der Waals surface area contributed by atoms with Gasteiger partial charge < -0.3 is 20.1 Å². The normalized spacial score (nSPS) is 11.0. The highest BCUT2D eigenvalue weighted by Gasteiger charge is 2.19. The van der Waals surface area contributed by atoms with E-state index in [0.717, 1.165) is 5.69 Å². The first kappa shape index (κ1) is 23.6. The summed E-state index contributed by atoms with van der Waals surface area (Å²) in [6, 6.07) is 13.4. The van der Waals surface area contributed by atoms with Crippen LogP contribution in [0.1, 0.15) is 36.8 Å². The number of nitrogens with one attached hydrogen (secondary N) is 3. The Balaban J connectivity index is 1.64. The Bertz CT molecular complexity index is 1150.